The number of nitrogens with one attached hydrogen (secondary N) is 1. The molecule has 112 valence electrons. The average molecular weight is 307 g/mol. The van der Waals surface area contributed by atoms with Gasteiger partial charge in [-0.1, -0.05) is 6.07 Å². The van der Waals surface area contributed by atoms with E-state index in [0.717, 1.165) is 4.88 Å². The summed E-state index contributed by atoms with van der Waals surface area (Å²) >= 11 is 1.43. The summed E-state index contributed by atoms with van der Waals surface area (Å²) in [4.78, 5) is 12.9. The zero-order valence-corrected chi connectivity index (χ0v) is 13.1. The summed E-state index contributed by atoms with van der Waals surface area (Å²) in [5.41, 5.74) is 0.150. The average Bonchev–Trinajstić information content (AvgIpc) is 2.96. The summed E-state index contributed by atoms with van der Waals surface area (Å²) in [6, 6.07) is 6.70. The first-order chi connectivity index (χ1) is 9.81. The van der Waals surface area contributed by atoms with Crippen LogP contribution in [0.5, 0.6) is 0 Å². The van der Waals surface area contributed by atoms with Crippen LogP contribution in [0, 0.1) is 19.7 Å². The molecule has 2 aromatic rings. The van der Waals surface area contributed by atoms with E-state index in [2.05, 4.69) is 5.32 Å². The molecule has 0 aliphatic heterocycles. The lowest BCUT2D eigenvalue weighted by Crippen LogP contribution is -2.38. The zero-order chi connectivity index (χ0) is 15.6. The van der Waals surface area contributed by atoms with E-state index in [9.17, 15) is 14.3 Å². The van der Waals surface area contributed by atoms with Crippen LogP contribution in [-0.2, 0) is 5.60 Å². The van der Waals surface area contributed by atoms with Crippen molar-refractivity contribution >= 4 is 17.2 Å². The van der Waals surface area contributed by atoms with E-state index in [1.54, 1.807) is 20.8 Å². The van der Waals surface area contributed by atoms with Crippen molar-refractivity contribution in [3.8, 4) is 0 Å². The molecule has 1 aromatic carbocycles. The molecular formula is C16H18FNO2S. The van der Waals surface area contributed by atoms with Crippen molar-refractivity contribution in [3.05, 3.63) is 57.0 Å². The van der Waals surface area contributed by atoms with Gasteiger partial charge in [0.25, 0.3) is 5.91 Å². The van der Waals surface area contributed by atoms with Crippen LogP contribution in [0.25, 0.3) is 0 Å². The number of amides is 1. The van der Waals surface area contributed by atoms with Crippen LogP contribution in [0.2, 0.25) is 0 Å². The highest BCUT2D eigenvalue weighted by atomic mass is 32.1. The van der Waals surface area contributed by atoms with Gasteiger partial charge in [-0.05, 0) is 55.5 Å². The van der Waals surface area contributed by atoms with Crippen LogP contribution >= 0.6 is 11.3 Å². The highest BCUT2D eigenvalue weighted by Gasteiger charge is 2.25. The number of rotatable bonds is 4. The summed E-state index contributed by atoms with van der Waals surface area (Å²) in [5.74, 6) is -0.616. The third-order valence-corrected chi connectivity index (χ3v) is 4.47. The Morgan fingerprint density at radius 2 is 2.00 bits per heavy atom. The summed E-state index contributed by atoms with van der Waals surface area (Å²) in [6.07, 6.45) is 0. The second-order valence-corrected chi connectivity index (χ2v) is 6.31. The number of carbonyl (C=O) groups is 1. The maximum Gasteiger partial charge on any atom is 0.251 e. The van der Waals surface area contributed by atoms with Crippen LogP contribution in [0.15, 0.2) is 29.6 Å². The molecule has 0 bridgehead atoms. The van der Waals surface area contributed by atoms with Gasteiger partial charge in [-0.2, -0.15) is 0 Å². The Bertz CT molecular complexity index is 627. The normalized spacial score (nSPS) is 13.8. The predicted molar refractivity (Wildman–Crippen MR) is 82.1 cm³/mol. The fourth-order valence-electron chi connectivity index (χ4n) is 2.10. The molecule has 0 radical (unpaired) electrons. The second kappa shape index (κ2) is 5.95. The molecule has 5 heteroatoms. The number of halogens is 1. The van der Waals surface area contributed by atoms with Gasteiger partial charge in [0.05, 0.1) is 6.54 Å². The third kappa shape index (κ3) is 3.49. The molecule has 0 saturated heterocycles. The van der Waals surface area contributed by atoms with Gasteiger partial charge >= 0.3 is 0 Å². The molecule has 1 atom stereocenters. The van der Waals surface area contributed by atoms with Crippen molar-refractivity contribution in [1.82, 2.24) is 5.32 Å². The molecule has 0 fully saturated rings. The maximum atomic E-state index is 13.6. The second-order valence-electron chi connectivity index (χ2n) is 5.36. The SMILES string of the molecule is Cc1cc(C(=O)NCC(C)(O)c2cccs2)cc(C)c1F. The lowest BCUT2D eigenvalue weighted by molar-refractivity contribution is 0.0556. The summed E-state index contributed by atoms with van der Waals surface area (Å²) in [7, 11) is 0. The fraction of sp³-hybridized carbons (Fsp3) is 0.312. The Morgan fingerprint density at radius 3 is 2.52 bits per heavy atom. The van der Waals surface area contributed by atoms with E-state index < -0.39 is 5.60 Å². The number of benzene rings is 1. The maximum absolute atomic E-state index is 13.6. The van der Waals surface area contributed by atoms with Crippen molar-refractivity contribution in [2.45, 2.75) is 26.4 Å². The summed E-state index contributed by atoms with van der Waals surface area (Å²) in [6.45, 7) is 5.00. The molecule has 1 aromatic heterocycles. The first-order valence-corrected chi connectivity index (χ1v) is 7.50. The molecule has 1 unspecified atom stereocenters. The molecule has 1 amide bonds. The van der Waals surface area contributed by atoms with Gasteiger partial charge in [0, 0.05) is 10.4 Å². The Balaban J connectivity index is 2.09. The number of thiophene rings is 1. The first kappa shape index (κ1) is 15.7. The van der Waals surface area contributed by atoms with Gasteiger partial charge in [-0.3, -0.25) is 4.79 Å². The number of aryl methyl sites for hydroxylation is 2. The Labute approximate surface area is 127 Å². The Morgan fingerprint density at radius 1 is 1.38 bits per heavy atom. The highest BCUT2D eigenvalue weighted by Crippen LogP contribution is 2.24. The van der Waals surface area contributed by atoms with Gasteiger partial charge in [-0.15, -0.1) is 11.3 Å². The van der Waals surface area contributed by atoms with Crippen LogP contribution in [-0.4, -0.2) is 17.6 Å². The molecule has 2 rings (SSSR count). The largest absolute Gasteiger partial charge is 0.383 e. The first-order valence-electron chi connectivity index (χ1n) is 6.62. The lowest BCUT2D eigenvalue weighted by Gasteiger charge is -2.22. The van der Waals surface area contributed by atoms with Crippen molar-refractivity contribution in [2.75, 3.05) is 6.54 Å². The minimum atomic E-state index is -1.12. The van der Waals surface area contributed by atoms with Crippen molar-refractivity contribution in [1.29, 1.82) is 0 Å². The predicted octanol–water partition coefficient (Wildman–Crippen LogP) is 3.14. The number of hydrogen-bond donors (Lipinski definition) is 2. The van der Waals surface area contributed by atoms with Crippen LogP contribution < -0.4 is 5.32 Å². The summed E-state index contributed by atoms with van der Waals surface area (Å²) in [5, 5.41) is 14.9. The van der Waals surface area contributed by atoms with Crippen LogP contribution in [0.3, 0.4) is 0 Å². The standard InChI is InChI=1S/C16H18FNO2S/c1-10-7-12(8-11(2)14(10)17)15(19)18-9-16(3,20)13-5-4-6-21-13/h4-8,20H,9H2,1-3H3,(H,18,19). The van der Waals surface area contributed by atoms with Crippen molar-refractivity contribution in [3.63, 3.8) is 0 Å². The van der Waals surface area contributed by atoms with E-state index in [0.29, 0.717) is 16.7 Å². The molecule has 21 heavy (non-hydrogen) atoms. The molecule has 0 saturated carbocycles. The van der Waals surface area contributed by atoms with Gasteiger partial charge in [0.2, 0.25) is 0 Å². The summed E-state index contributed by atoms with van der Waals surface area (Å²) < 4.78 is 13.6. The number of hydrogen-bond acceptors (Lipinski definition) is 3. The number of carbonyl (C=O) groups excluding carboxylic acids is 1. The molecule has 1 heterocycles. The van der Waals surface area contributed by atoms with Gasteiger partial charge < -0.3 is 10.4 Å². The van der Waals surface area contributed by atoms with E-state index in [4.69, 9.17) is 0 Å². The highest BCUT2D eigenvalue weighted by molar-refractivity contribution is 7.10. The van der Waals surface area contributed by atoms with E-state index in [-0.39, 0.29) is 18.3 Å². The van der Waals surface area contributed by atoms with Crippen molar-refractivity contribution in [2.24, 2.45) is 0 Å². The molecule has 2 N–H and O–H groups in total. The van der Waals surface area contributed by atoms with Crippen LogP contribution in [0.1, 0.15) is 33.3 Å². The monoisotopic (exact) mass is 307 g/mol. The Kier molecular flexibility index (Phi) is 4.44. The van der Waals surface area contributed by atoms with Crippen LogP contribution in [0.4, 0.5) is 4.39 Å². The zero-order valence-electron chi connectivity index (χ0n) is 12.2. The van der Waals surface area contributed by atoms with Gasteiger partial charge in [-0.25, -0.2) is 4.39 Å². The van der Waals surface area contributed by atoms with E-state index >= 15 is 0 Å². The van der Waals surface area contributed by atoms with E-state index in [1.165, 1.54) is 23.5 Å². The molecular weight excluding hydrogens is 289 g/mol. The molecule has 0 aliphatic rings. The quantitative estimate of drug-likeness (QED) is 0.911. The minimum absolute atomic E-state index is 0.0990. The third-order valence-electron chi connectivity index (χ3n) is 3.34. The smallest absolute Gasteiger partial charge is 0.251 e. The lowest BCUT2D eigenvalue weighted by atomic mass is 10.0. The van der Waals surface area contributed by atoms with Crippen molar-refractivity contribution < 1.29 is 14.3 Å². The molecule has 3 nitrogen and oxygen atoms in total. The minimum Gasteiger partial charge on any atom is -0.383 e. The van der Waals surface area contributed by atoms with Gasteiger partial charge in [0.15, 0.2) is 0 Å². The van der Waals surface area contributed by atoms with E-state index in [1.807, 2.05) is 17.5 Å². The molecule has 0 spiro atoms. The van der Waals surface area contributed by atoms with Gasteiger partial charge in [0.1, 0.15) is 11.4 Å². The Hall–Kier alpha value is -1.72. The number of aliphatic hydroxyl groups is 1. The topological polar surface area (TPSA) is 49.3 Å². The molecule has 0 aliphatic carbocycles. The fourth-order valence-corrected chi connectivity index (χ4v) is 2.89.